The predicted molar refractivity (Wildman–Crippen MR) is 102 cm³/mol. The zero-order valence-electron chi connectivity index (χ0n) is 15.5. The van der Waals surface area contributed by atoms with Gasteiger partial charge < -0.3 is 10.6 Å². The maximum Gasteiger partial charge on any atom is 0.231 e. The fourth-order valence-corrected chi connectivity index (χ4v) is 3.30. The molecule has 0 saturated carbocycles. The topological polar surface area (TPSA) is 58.2 Å². The summed E-state index contributed by atoms with van der Waals surface area (Å²) >= 11 is 0. The van der Waals surface area contributed by atoms with E-state index in [0.29, 0.717) is 13.0 Å². The summed E-state index contributed by atoms with van der Waals surface area (Å²) in [4.78, 5) is 25.0. The van der Waals surface area contributed by atoms with E-state index in [2.05, 4.69) is 10.6 Å². The summed E-state index contributed by atoms with van der Waals surface area (Å²) in [5, 5.41) is 5.95. The van der Waals surface area contributed by atoms with Gasteiger partial charge in [0, 0.05) is 24.9 Å². The number of nitrogens with one attached hydrogen (secondary N) is 2. The fraction of sp³-hybridized carbons (Fsp3) is 0.273. The van der Waals surface area contributed by atoms with Crippen LogP contribution in [-0.4, -0.2) is 11.7 Å². The van der Waals surface area contributed by atoms with Gasteiger partial charge in [-0.1, -0.05) is 31.2 Å². The minimum absolute atomic E-state index is 0.151. The van der Waals surface area contributed by atoms with Crippen LogP contribution in [0.5, 0.6) is 0 Å². The van der Waals surface area contributed by atoms with Crippen LogP contribution in [0.2, 0.25) is 0 Å². The maximum atomic E-state index is 13.0. The Morgan fingerprint density at radius 2 is 1.50 bits per heavy atom. The predicted octanol–water partition coefficient (Wildman–Crippen LogP) is 3.48. The van der Waals surface area contributed by atoms with Crippen molar-refractivity contribution in [1.82, 2.24) is 10.6 Å². The maximum absolute atomic E-state index is 13.0. The molecule has 2 aromatic carbocycles. The first-order valence-electron chi connectivity index (χ1n) is 9.17. The van der Waals surface area contributed by atoms with E-state index in [1.54, 1.807) is 24.3 Å². The molecule has 1 amide bonds. The molecule has 28 heavy (non-hydrogen) atoms. The van der Waals surface area contributed by atoms with E-state index in [0.717, 1.165) is 16.8 Å². The molecular weight excluding hydrogens is 362 g/mol. The molecule has 2 atom stereocenters. The zero-order chi connectivity index (χ0) is 20.1. The first-order chi connectivity index (χ1) is 13.4. The first-order valence-corrected chi connectivity index (χ1v) is 9.17. The number of halogens is 2. The van der Waals surface area contributed by atoms with Crippen molar-refractivity contribution in [2.75, 3.05) is 0 Å². The van der Waals surface area contributed by atoms with E-state index in [-0.39, 0.29) is 35.8 Å². The quantitative estimate of drug-likeness (QED) is 0.750. The number of amides is 1. The van der Waals surface area contributed by atoms with Gasteiger partial charge in [0.25, 0.3) is 0 Å². The van der Waals surface area contributed by atoms with Crippen molar-refractivity contribution in [3.63, 3.8) is 0 Å². The van der Waals surface area contributed by atoms with Crippen LogP contribution in [0.3, 0.4) is 0 Å². The van der Waals surface area contributed by atoms with Crippen LogP contribution in [0.25, 0.3) is 0 Å². The molecule has 0 spiro atoms. The highest BCUT2D eigenvalue weighted by atomic mass is 19.1. The Morgan fingerprint density at radius 1 is 0.964 bits per heavy atom. The number of allylic oxidation sites excluding steroid dienone is 2. The molecular formula is C22H22F2N2O2. The average Bonchev–Trinajstić information content (AvgIpc) is 2.66. The van der Waals surface area contributed by atoms with E-state index in [9.17, 15) is 18.4 Å². The van der Waals surface area contributed by atoms with Gasteiger partial charge in [-0.05, 0) is 47.7 Å². The van der Waals surface area contributed by atoms with Gasteiger partial charge in [0.05, 0.1) is 0 Å². The Balaban J connectivity index is 1.56. The van der Waals surface area contributed by atoms with Gasteiger partial charge in [-0.15, -0.1) is 0 Å². The molecule has 2 aromatic rings. The van der Waals surface area contributed by atoms with Gasteiger partial charge >= 0.3 is 0 Å². The summed E-state index contributed by atoms with van der Waals surface area (Å²) < 4.78 is 25.9. The molecule has 0 heterocycles. The normalized spacial score (nSPS) is 19.1. The monoisotopic (exact) mass is 384 g/mol. The van der Waals surface area contributed by atoms with E-state index >= 15 is 0 Å². The number of ketones is 1. The molecule has 2 unspecified atom stereocenters. The Labute approximate surface area is 162 Å². The first kappa shape index (κ1) is 19.7. The summed E-state index contributed by atoms with van der Waals surface area (Å²) in [7, 11) is 0. The Hall–Kier alpha value is -3.02. The second kappa shape index (κ2) is 8.78. The number of carbonyl (C=O) groups excluding carboxylic acids is 2. The highest BCUT2D eigenvalue weighted by Crippen LogP contribution is 2.26. The molecule has 146 valence electrons. The molecule has 6 heteroatoms. The van der Waals surface area contributed by atoms with Crippen LogP contribution in [0, 0.1) is 23.5 Å². The highest BCUT2D eigenvalue weighted by Gasteiger charge is 2.34. The number of benzene rings is 2. The van der Waals surface area contributed by atoms with Gasteiger partial charge in [-0.2, -0.15) is 0 Å². The molecule has 1 aliphatic rings. The second-order valence-corrected chi connectivity index (χ2v) is 7.06. The van der Waals surface area contributed by atoms with Crippen LogP contribution in [0.15, 0.2) is 60.3 Å². The molecule has 0 saturated heterocycles. The molecule has 3 rings (SSSR count). The minimum atomic E-state index is -0.739. The van der Waals surface area contributed by atoms with E-state index in [4.69, 9.17) is 0 Å². The zero-order valence-corrected chi connectivity index (χ0v) is 15.5. The van der Waals surface area contributed by atoms with Crippen molar-refractivity contribution in [3.8, 4) is 0 Å². The molecule has 0 bridgehead atoms. The Morgan fingerprint density at radius 3 is 2.04 bits per heavy atom. The lowest BCUT2D eigenvalue weighted by atomic mass is 9.81. The summed E-state index contributed by atoms with van der Waals surface area (Å²) in [5.74, 6) is -2.08. The summed E-state index contributed by atoms with van der Waals surface area (Å²) in [6.45, 7) is 2.59. The lowest BCUT2D eigenvalue weighted by Crippen LogP contribution is -2.41. The number of hydrogen-bond donors (Lipinski definition) is 2. The third-order valence-electron chi connectivity index (χ3n) is 4.83. The third-order valence-corrected chi connectivity index (χ3v) is 4.83. The summed E-state index contributed by atoms with van der Waals surface area (Å²) in [6.07, 6.45) is 2.05. The molecule has 0 aromatic heterocycles. The molecule has 2 N–H and O–H groups in total. The molecule has 4 nitrogen and oxygen atoms in total. The van der Waals surface area contributed by atoms with Crippen molar-refractivity contribution in [2.45, 2.75) is 26.4 Å². The number of carbonyl (C=O) groups is 2. The number of rotatable bonds is 6. The third kappa shape index (κ3) is 5.03. The minimum Gasteiger partial charge on any atom is -0.384 e. The van der Waals surface area contributed by atoms with Crippen LogP contribution in [-0.2, 0) is 22.7 Å². The van der Waals surface area contributed by atoms with Gasteiger partial charge in [0.1, 0.15) is 17.6 Å². The van der Waals surface area contributed by atoms with Crippen LogP contribution in [0.1, 0.15) is 24.5 Å². The van der Waals surface area contributed by atoms with Crippen molar-refractivity contribution in [2.24, 2.45) is 11.8 Å². The highest BCUT2D eigenvalue weighted by molar-refractivity contribution is 6.07. The summed E-state index contributed by atoms with van der Waals surface area (Å²) in [5.41, 5.74) is 2.44. The van der Waals surface area contributed by atoms with Crippen molar-refractivity contribution in [1.29, 1.82) is 0 Å². The standard InChI is InChI=1S/C22H22F2N2O2/c1-14-10-19(25-12-15-2-6-17(23)7-3-15)11-20(27)21(14)22(28)26-13-16-4-8-18(24)9-5-16/h2-9,11,14,21,25H,10,12-13H2,1H3,(H,26,28). The van der Waals surface area contributed by atoms with E-state index in [1.165, 1.54) is 30.3 Å². The van der Waals surface area contributed by atoms with Crippen LogP contribution in [0.4, 0.5) is 8.78 Å². The van der Waals surface area contributed by atoms with Gasteiger partial charge in [0.15, 0.2) is 5.78 Å². The van der Waals surface area contributed by atoms with Crippen molar-refractivity contribution < 1.29 is 18.4 Å². The van der Waals surface area contributed by atoms with E-state index in [1.807, 2.05) is 6.92 Å². The molecule has 1 aliphatic carbocycles. The van der Waals surface area contributed by atoms with Gasteiger partial charge in [-0.25, -0.2) is 8.78 Å². The van der Waals surface area contributed by atoms with Gasteiger partial charge in [-0.3, -0.25) is 9.59 Å². The van der Waals surface area contributed by atoms with Crippen LogP contribution >= 0.6 is 0 Å². The van der Waals surface area contributed by atoms with Crippen LogP contribution < -0.4 is 10.6 Å². The molecule has 0 aliphatic heterocycles. The van der Waals surface area contributed by atoms with Crippen molar-refractivity contribution >= 4 is 11.7 Å². The average molecular weight is 384 g/mol. The largest absolute Gasteiger partial charge is 0.384 e. The van der Waals surface area contributed by atoms with Crippen molar-refractivity contribution in [3.05, 3.63) is 83.1 Å². The SMILES string of the molecule is CC1CC(NCc2ccc(F)cc2)=CC(=O)C1C(=O)NCc1ccc(F)cc1. The fourth-order valence-electron chi connectivity index (χ4n) is 3.30. The Kier molecular flexibility index (Phi) is 6.19. The number of hydrogen-bond acceptors (Lipinski definition) is 3. The molecule has 0 radical (unpaired) electrons. The lowest BCUT2D eigenvalue weighted by molar-refractivity contribution is -0.134. The Bertz CT molecular complexity index is 876. The smallest absolute Gasteiger partial charge is 0.231 e. The summed E-state index contributed by atoms with van der Waals surface area (Å²) in [6, 6.07) is 12.0. The van der Waals surface area contributed by atoms with E-state index < -0.39 is 5.92 Å². The lowest BCUT2D eigenvalue weighted by Gasteiger charge is -2.27. The van der Waals surface area contributed by atoms with Gasteiger partial charge in [0.2, 0.25) is 5.91 Å². The second-order valence-electron chi connectivity index (χ2n) is 7.06. The molecule has 0 fully saturated rings.